The summed E-state index contributed by atoms with van der Waals surface area (Å²) >= 11 is 2.32. The van der Waals surface area contributed by atoms with Gasteiger partial charge in [0.25, 0.3) is 0 Å². The second kappa shape index (κ2) is 7.98. The van der Waals surface area contributed by atoms with E-state index in [2.05, 4.69) is 59.1 Å². The van der Waals surface area contributed by atoms with Crippen molar-refractivity contribution in [2.75, 3.05) is 19.7 Å². The summed E-state index contributed by atoms with van der Waals surface area (Å²) in [5.74, 6) is 0. The number of piperidine rings is 1. The third-order valence-electron chi connectivity index (χ3n) is 3.88. The topological polar surface area (TPSA) is 41.6 Å². The molecule has 1 aliphatic heterocycles. The molecule has 116 valence electrons. The molecule has 1 unspecified atom stereocenters. The molecular weight excluding hydrogens is 379 g/mol. The highest BCUT2D eigenvalue weighted by Crippen LogP contribution is 2.18. The first-order chi connectivity index (χ1) is 10.1. The van der Waals surface area contributed by atoms with Crippen molar-refractivity contribution in [1.29, 1.82) is 0 Å². The summed E-state index contributed by atoms with van der Waals surface area (Å²) in [5, 5.41) is 3.66. The third-order valence-corrected chi connectivity index (χ3v) is 4.60. The minimum atomic E-state index is -0.179. The van der Waals surface area contributed by atoms with Gasteiger partial charge in [-0.3, -0.25) is 0 Å². The van der Waals surface area contributed by atoms with Crippen LogP contribution in [0, 0.1) is 3.57 Å². The summed E-state index contributed by atoms with van der Waals surface area (Å²) in [7, 11) is 0. The smallest absolute Gasteiger partial charge is 0.409 e. The van der Waals surface area contributed by atoms with E-state index in [4.69, 9.17) is 4.74 Å². The normalized spacial score (nSPS) is 17.6. The lowest BCUT2D eigenvalue weighted by molar-refractivity contribution is 0.0944. The van der Waals surface area contributed by atoms with Gasteiger partial charge in [0.1, 0.15) is 0 Å². The number of halogens is 1. The van der Waals surface area contributed by atoms with Gasteiger partial charge in [0.2, 0.25) is 0 Å². The van der Waals surface area contributed by atoms with E-state index in [1.165, 1.54) is 9.13 Å². The van der Waals surface area contributed by atoms with E-state index < -0.39 is 0 Å². The number of carbonyl (C=O) groups excluding carboxylic acids is 1. The lowest BCUT2D eigenvalue weighted by Gasteiger charge is -2.33. The van der Waals surface area contributed by atoms with Crippen LogP contribution in [0.5, 0.6) is 0 Å². The van der Waals surface area contributed by atoms with E-state index in [-0.39, 0.29) is 6.09 Å². The van der Waals surface area contributed by atoms with Gasteiger partial charge in [0.05, 0.1) is 6.61 Å². The fourth-order valence-corrected chi connectivity index (χ4v) is 3.00. The van der Waals surface area contributed by atoms with Gasteiger partial charge in [-0.1, -0.05) is 12.1 Å². The Bertz CT molecular complexity index is 456. The molecule has 1 heterocycles. The zero-order valence-corrected chi connectivity index (χ0v) is 14.8. The summed E-state index contributed by atoms with van der Waals surface area (Å²) in [6, 6.07) is 9.42. The number of nitrogens with zero attached hydrogens (tertiary/aromatic N) is 1. The van der Waals surface area contributed by atoms with Crippen LogP contribution >= 0.6 is 22.6 Å². The molecule has 0 radical (unpaired) electrons. The van der Waals surface area contributed by atoms with E-state index in [0.717, 1.165) is 25.9 Å². The summed E-state index contributed by atoms with van der Waals surface area (Å²) < 4.78 is 6.30. The fraction of sp³-hybridized carbons (Fsp3) is 0.562. The number of nitrogens with one attached hydrogen (secondary N) is 1. The van der Waals surface area contributed by atoms with E-state index in [1.54, 1.807) is 4.90 Å². The van der Waals surface area contributed by atoms with Gasteiger partial charge in [-0.15, -0.1) is 0 Å². The quantitative estimate of drug-likeness (QED) is 0.784. The van der Waals surface area contributed by atoms with Crippen molar-refractivity contribution in [3.8, 4) is 0 Å². The summed E-state index contributed by atoms with van der Waals surface area (Å²) in [4.78, 5) is 13.5. The van der Waals surface area contributed by atoms with E-state index in [0.29, 0.717) is 18.7 Å². The maximum absolute atomic E-state index is 11.7. The molecule has 4 nitrogen and oxygen atoms in total. The van der Waals surface area contributed by atoms with Crippen molar-refractivity contribution >= 4 is 28.7 Å². The highest BCUT2D eigenvalue weighted by Gasteiger charge is 2.24. The number of likely N-dealkylation sites (tertiary alicyclic amines) is 1. The summed E-state index contributed by atoms with van der Waals surface area (Å²) in [5.41, 5.74) is 1.31. The first kappa shape index (κ1) is 16.5. The van der Waals surface area contributed by atoms with Crippen LogP contribution in [0.15, 0.2) is 24.3 Å². The molecule has 1 atom stereocenters. The van der Waals surface area contributed by atoms with Crippen molar-refractivity contribution in [2.45, 2.75) is 38.8 Å². The van der Waals surface area contributed by atoms with Gasteiger partial charge in [-0.05, 0) is 67.0 Å². The van der Waals surface area contributed by atoms with Crippen molar-refractivity contribution in [3.63, 3.8) is 0 Å². The molecule has 2 rings (SSSR count). The second-order valence-corrected chi connectivity index (χ2v) is 6.65. The Hall–Kier alpha value is -0.820. The van der Waals surface area contributed by atoms with Gasteiger partial charge in [-0.25, -0.2) is 4.79 Å². The number of benzene rings is 1. The molecule has 0 aliphatic carbocycles. The molecule has 1 aromatic carbocycles. The third kappa shape index (κ3) is 4.85. The molecule has 0 aromatic heterocycles. The van der Waals surface area contributed by atoms with Crippen LogP contribution in [0.1, 0.15) is 38.3 Å². The van der Waals surface area contributed by atoms with E-state index >= 15 is 0 Å². The monoisotopic (exact) mass is 402 g/mol. The Morgan fingerprint density at radius 2 is 2.00 bits per heavy atom. The lowest BCUT2D eigenvalue weighted by atomic mass is 10.0. The molecule has 1 fully saturated rings. The Morgan fingerprint density at radius 1 is 1.38 bits per heavy atom. The number of hydrogen-bond donors (Lipinski definition) is 1. The molecular formula is C16H23IN2O2. The highest BCUT2D eigenvalue weighted by atomic mass is 127. The van der Waals surface area contributed by atoms with Crippen molar-refractivity contribution in [2.24, 2.45) is 0 Å². The molecule has 0 spiro atoms. The minimum absolute atomic E-state index is 0.179. The first-order valence-electron chi connectivity index (χ1n) is 7.53. The van der Waals surface area contributed by atoms with Crippen LogP contribution in [0.2, 0.25) is 0 Å². The van der Waals surface area contributed by atoms with Gasteiger partial charge < -0.3 is 15.0 Å². The fourth-order valence-electron chi connectivity index (χ4n) is 2.64. The molecule has 21 heavy (non-hydrogen) atoms. The maximum Gasteiger partial charge on any atom is 0.409 e. The van der Waals surface area contributed by atoms with Gasteiger partial charge in [0.15, 0.2) is 0 Å². The Balaban J connectivity index is 1.80. The van der Waals surface area contributed by atoms with Gasteiger partial charge >= 0.3 is 6.09 Å². The zero-order valence-electron chi connectivity index (χ0n) is 12.6. The Kier molecular flexibility index (Phi) is 6.29. The molecule has 5 heteroatoms. The van der Waals surface area contributed by atoms with Crippen molar-refractivity contribution in [3.05, 3.63) is 33.4 Å². The van der Waals surface area contributed by atoms with Crippen LogP contribution in [-0.4, -0.2) is 36.7 Å². The average Bonchev–Trinajstić information content (AvgIpc) is 2.49. The largest absolute Gasteiger partial charge is 0.450 e. The van der Waals surface area contributed by atoms with E-state index in [9.17, 15) is 4.79 Å². The standard InChI is InChI=1S/C16H23IN2O2/c1-3-21-16(20)19-10-8-15(9-11-19)18-12(2)13-4-6-14(17)7-5-13/h4-7,12,15,18H,3,8-11H2,1-2H3. The number of carbonyl (C=O) groups is 1. The molecule has 1 aromatic rings. The SMILES string of the molecule is CCOC(=O)N1CCC(NC(C)c2ccc(I)cc2)CC1. The summed E-state index contributed by atoms with van der Waals surface area (Å²) in [6.07, 6.45) is 1.78. The van der Waals surface area contributed by atoms with Crippen LogP contribution in [-0.2, 0) is 4.74 Å². The zero-order chi connectivity index (χ0) is 15.2. The number of ether oxygens (including phenoxy) is 1. The lowest BCUT2D eigenvalue weighted by Crippen LogP contribution is -2.45. The first-order valence-corrected chi connectivity index (χ1v) is 8.61. The van der Waals surface area contributed by atoms with Crippen molar-refractivity contribution < 1.29 is 9.53 Å². The molecule has 0 saturated carbocycles. The summed E-state index contributed by atoms with van der Waals surface area (Å²) in [6.45, 7) is 6.03. The van der Waals surface area contributed by atoms with Crippen LogP contribution < -0.4 is 5.32 Å². The van der Waals surface area contributed by atoms with Gasteiger partial charge in [0, 0.05) is 28.7 Å². The molecule has 1 N–H and O–H groups in total. The second-order valence-electron chi connectivity index (χ2n) is 5.40. The predicted octanol–water partition coefficient (Wildman–Crippen LogP) is 3.56. The van der Waals surface area contributed by atoms with Gasteiger partial charge in [-0.2, -0.15) is 0 Å². The molecule has 1 amide bonds. The van der Waals surface area contributed by atoms with Crippen LogP contribution in [0.4, 0.5) is 4.79 Å². The Labute approximate surface area is 140 Å². The molecule has 1 aliphatic rings. The van der Waals surface area contributed by atoms with Crippen LogP contribution in [0.3, 0.4) is 0 Å². The molecule has 0 bridgehead atoms. The molecule has 1 saturated heterocycles. The number of rotatable bonds is 4. The number of hydrogen-bond acceptors (Lipinski definition) is 3. The van der Waals surface area contributed by atoms with Crippen LogP contribution in [0.25, 0.3) is 0 Å². The van der Waals surface area contributed by atoms with Crippen molar-refractivity contribution in [1.82, 2.24) is 10.2 Å². The highest BCUT2D eigenvalue weighted by molar-refractivity contribution is 14.1. The average molecular weight is 402 g/mol. The minimum Gasteiger partial charge on any atom is -0.450 e. The Morgan fingerprint density at radius 3 is 2.57 bits per heavy atom. The number of amides is 1. The predicted molar refractivity (Wildman–Crippen MR) is 92.3 cm³/mol. The maximum atomic E-state index is 11.7. The van der Waals surface area contributed by atoms with E-state index in [1.807, 2.05) is 6.92 Å².